The number of hydrogen-bond acceptors (Lipinski definition) is 4. The van der Waals surface area contributed by atoms with Crippen LogP contribution < -0.4 is 10.5 Å². The summed E-state index contributed by atoms with van der Waals surface area (Å²) in [6.07, 6.45) is 1.54. The normalized spacial score (nSPS) is 12.9. The molecule has 0 aliphatic heterocycles. The van der Waals surface area contributed by atoms with E-state index in [-0.39, 0.29) is 17.5 Å². The van der Waals surface area contributed by atoms with Crippen molar-refractivity contribution in [1.29, 1.82) is 5.26 Å². The summed E-state index contributed by atoms with van der Waals surface area (Å²) in [5.74, 6) is 0. The number of nitrogens with one attached hydrogen (secondary N) is 1. The quantitative estimate of drug-likeness (QED) is 0.820. The first-order valence-corrected chi connectivity index (χ1v) is 7.66. The van der Waals surface area contributed by atoms with Crippen molar-refractivity contribution < 1.29 is 8.42 Å². The molecule has 1 rings (SSSR count). The second-order valence-corrected chi connectivity index (χ2v) is 6.12. The molecule has 0 saturated heterocycles. The Morgan fingerprint density at radius 3 is 2.68 bits per heavy atom. The van der Waals surface area contributed by atoms with Crippen molar-refractivity contribution in [3.05, 3.63) is 29.3 Å². The predicted octanol–water partition coefficient (Wildman–Crippen LogP) is 1.27. The van der Waals surface area contributed by atoms with Crippen LogP contribution >= 0.6 is 0 Å². The van der Waals surface area contributed by atoms with Crippen LogP contribution in [0.25, 0.3) is 0 Å². The molecule has 0 fully saturated rings. The van der Waals surface area contributed by atoms with Crippen LogP contribution in [-0.2, 0) is 10.0 Å². The molecule has 1 atom stereocenters. The van der Waals surface area contributed by atoms with E-state index in [1.807, 2.05) is 13.0 Å². The predicted molar refractivity (Wildman–Crippen MR) is 74.0 cm³/mol. The Morgan fingerprint density at radius 1 is 1.47 bits per heavy atom. The zero-order valence-corrected chi connectivity index (χ0v) is 12.0. The monoisotopic (exact) mass is 281 g/mol. The van der Waals surface area contributed by atoms with Gasteiger partial charge in [-0.05, 0) is 31.0 Å². The molecule has 0 heterocycles. The third kappa shape index (κ3) is 4.03. The lowest BCUT2D eigenvalue weighted by Gasteiger charge is -2.17. The fourth-order valence-electron chi connectivity index (χ4n) is 1.82. The van der Waals surface area contributed by atoms with Crippen molar-refractivity contribution in [3.63, 3.8) is 0 Å². The van der Waals surface area contributed by atoms with Gasteiger partial charge in [-0.25, -0.2) is 13.1 Å². The molecule has 5 nitrogen and oxygen atoms in total. The average molecular weight is 281 g/mol. The Labute approximate surface area is 114 Å². The minimum atomic E-state index is -3.64. The SMILES string of the molecule is CCCC(CN)NS(=O)(=O)c1cc(C#N)ccc1C. The van der Waals surface area contributed by atoms with E-state index in [0.717, 1.165) is 6.42 Å². The number of hydrogen-bond donors (Lipinski definition) is 2. The fraction of sp³-hybridized carbons (Fsp3) is 0.462. The van der Waals surface area contributed by atoms with Crippen molar-refractivity contribution in [2.75, 3.05) is 6.54 Å². The van der Waals surface area contributed by atoms with Gasteiger partial charge < -0.3 is 5.73 Å². The van der Waals surface area contributed by atoms with Gasteiger partial charge in [-0.2, -0.15) is 5.26 Å². The van der Waals surface area contributed by atoms with E-state index in [1.165, 1.54) is 6.07 Å². The summed E-state index contributed by atoms with van der Waals surface area (Å²) in [6, 6.07) is 6.28. The van der Waals surface area contributed by atoms with Crippen LogP contribution in [0.3, 0.4) is 0 Å². The molecule has 0 amide bonds. The maximum atomic E-state index is 12.3. The second-order valence-electron chi connectivity index (χ2n) is 4.43. The zero-order valence-electron chi connectivity index (χ0n) is 11.2. The summed E-state index contributed by atoms with van der Waals surface area (Å²) in [5.41, 5.74) is 6.49. The standard InChI is InChI=1S/C13H19N3O2S/c1-3-4-12(9-15)16-19(17,18)13-7-11(8-14)6-5-10(13)2/h5-7,12,16H,3-4,9,15H2,1-2H3. The van der Waals surface area contributed by atoms with Crippen LogP contribution in [0.5, 0.6) is 0 Å². The number of nitrogens with two attached hydrogens (primary N) is 1. The molecule has 1 aromatic rings. The maximum Gasteiger partial charge on any atom is 0.241 e. The highest BCUT2D eigenvalue weighted by molar-refractivity contribution is 7.89. The van der Waals surface area contributed by atoms with E-state index in [1.54, 1.807) is 19.1 Å². The first kappa shape index (κ1) is 15.6. The van der Waals surface area contributed by atoms with Crippen LogP contribution in [0.2, 0.25) is 0 Å². The first-order valence-electron chi connectivity index (χ1n) is 6.17. The van der Waals surface area contributed by atoms with Gasteiger partial charge in [0.1, 0.15) is 0 Å². The minimum absolute atomic E-state index is 0.140. The molecule has 0 radical (unpaired) electrons. The van der Waals surface area contributed by atoms with Gasteiger partial charge in [0.25, 0.3) is 0 Å². The molecular weight excluding hydrogens is 262 g/mol. The molecule has 0 bridgehead atoms. The van der Waals surface area contributed by atoms with Gasteiger partial charge in [0.2, 0.25) is 10.0 Å². The number of sulfonamides is 1. The number of aryl methyl sites for hydroxylation is 1. The lowest BCUT2D eigenvalue weighted by atomic mass is 10.2. The van der Waals surface area contributed by atoms with Crippen LogP contribution in [-0.4, -0.2) is 21.0 Å². The van der Waals surface area contributed by atoms with E-state index in [9.17, 15) is 8.42 Å². The smallest absolute Gasteiger partial charge is 0.241 e. The molecule has 0 aliphatic carbocycles. The van der Waals surface area contributed by atoms with Crippen LogP contribution in [0.4, 0.5) is 0 Å². The summed E-state index contributed by atoms with van der Waals surface area (Å²) in [5, 5.41) is 8.85. The molecule has 0 spiro atoms. The molecule has 1 aromatic carbocycles. The Kier molecular flexibility index (Phi) is 5.48. The largest absolute Gasteiger partial charge is 0.329 e. The van der Waals surface area contributed by atoms with Crippen molar-refractivity contribution in [3.8, 4) is 6.07 Å². The van der Waals surface area contributed by atoms with E-state index >= 15 is 0 Å². The molecule has 0 saturated carbocycles. The summed E-state index contributed by atoms with van der Waals surface area (Å²) in [4.78, 5) is 0.140. The molecule has 0 aliphatic rings. The highest BCUT2D eigenvalue weighted by Crippen LogP contribution is 2.17. The van der Waals surface area contributed by atoms with E-state index in [4.69, 9.17) is 11.0 Å². The molecule has 19 heavy (non-hydrogen) atoms. The van der Waals surface area contributed by atoms with Crippen LogP contribution in [0.15, 0.2) is 23.1 Å². The highest BCUT2D eigenvalue weighted by atomic mass is 32.2. The van der Waals surface area contributed by atoms with Gasteiger partial charge in [-0.15, -0.1) is 0 Å². The summed E-state index contributed by atoms with van der Waals surface area (Å²) in [7, 11) is -3.64. The average Bonchev–Trinajstić information content (AvgIpc) is 2.38. The van der Waals surface area contributed by atoms with Crippen molar-refractivity contribution in [2.24, 2.45) is 5.73 Å². The van der Waals surface area contributed by atoms with Gasteiger partial charge in [-0.1, -0.05) is 19.4 Å². The third-order valence-corrected chi connectivity index (χ3v) is 4.51. The van der Waals surface area contributed by atoms with Gasteiger partial charge in [0.15, 0.2) is 0 Å². The van der Waals surface area contributed by atoms with Gasteiger partial charge in [0.05, 0.1) is 16.5 Å². The van der Waals surface area contributed by atoms with Crippen molar-refractivity contribution in [1.82, 2.24) is 4.72 Å². The Balaban J connectivity index is 3.10. The number of nitriles is 1. The number of nitrogens with zero attached hydrogens (tertiary/aromatic N) is 1. The lowest BCUT2D eigenvalue weighted by molar-refractivity contribution is 0.526. The first-order chi connectivity index (χ1) is 8.94. The summed E-state index contributed by atoms with van der Waals surface area (Å²) < 4.78 is 27.2. The van der Waals surface area contributed by atoms with E-state index in [0.29, 0.717) is 17.5 Å². The number of rotatable bonds is 6. The Morgan fingerprint density at radius 2 is 2.16 bits per heavy atom. The van der Waals surface area contributed by atoms with E-state index in [2.05, 4.69) is 4.72 Å². The molecular formula is C13H19N3O2S. The highest BCUT2D eigenvalue weighted by Gasteiger charge is 2.21. The van der Waals surface area contributed by atoms with Gasteiger partial charge >= 0.3 is 0 Å². The van der Waals surface area contributed by atoms with Crippen LogP contribution in [0.1, 0.15) is 30.9 Å². The van der Waals surface area contributed by atoms with E-state index < -0.39 is 10.0 Å². The molecule has 3 N–H and O–H groups in total. The summed E-state index contributed by atoms with van der Waals surface area (Å²) in [6.45, 7) is 3.93. The van der Waals surface area contributed by atoms with Gasteiger partial charge in [-0.3, -0.25) is 0 Å². The second kappa shape index (κ2) is 6.66. The van der Waals surface area contributed by atoms with Crippen molar-refractivity contribution >= 4 is 10.0 Å². The molecule has 104 valence electrons. The maximum absolute atomic E-state index is 12.3. The fourth-order valence-corrected chi connectivity index (χ4v) is 3.37. The zero-order chi connectivity index (χ0) is 14.5. The lowest BCUT2D eigenvalue weighted by Crippen LogP contribution is -2.40. The minimum Gasteiger partial charge on any atom is -0.329 e. The molecule has 6 heteroatoms. The summed E-state index contributed by atoms with van der Waals surface area (Å²) >= 11 is 0. The third-order valence-electron chi connectivity index (χ3n) is 2.85. The van der Waals surface area contributed by atoms with Crippen molar-refractivity contribution in [2.45, 2.75) is 37.6 Å². The van der Waals surface area contributed by atoms with Crippen LogP contribution in [0, 0.1) is 18.3 Å². The molecule has 0 aromatic heterocycles. The topological polar surface area (TPSA) is 96.0 Å². The van der Waals surface area contributed by atoms with Gasteiger partial charge in [0, 0.05) is 12.6 Å². The Hall–Kier alpha value is -1.42. The molecule has 1 unspecified atom stereocenters. The number of benzene rings is 1. The Bertz CT molecular complexity index is 576.